The predicted molar refractivity (Wildman–Crippen MR) is 83.1 cm³/mol. The molecule has 1 heterocycles. The van der Waals surface area contributed by atoms with E-state index in [4.69, 9.17) is 4.74 Å². The third-order valence-electron chi connectivity index (χ3n) is 4.06. The zero-order valence-electron chi connectivity index (χ0n) is 11.9. The molecule has 1 aliphatic rings. The Morgan fingerprint density at radius 2 is 1.61 bits per heavy atom. The van der Waals surface area contributed by atoms with Crippen LogP contribution in [0.1, 0.15) is 22.2 Å². The number of phenols is 2. The number of aliphatic hydroxyl groups excluding tert-OH is 1. The van der Waals surface area contributed by atoms with E-state index in [1.807, 2.05) is 30.3 Å². The molecule has 5 nitrogen and oxygen atoms in total. The number of aliphatic hydroxyl groups is 1. The summed E-state index contributed by atoms with van der Waals surface area (Å²) in [6, 6.07) is 13.8. The number of benzene rings is 3. The third-order valence-corrected chi connectivity index (χ3v) is 4.06. The van der Waals surface area contributed by atoms with Crippen molar-refractivity contribution < 1.29 is 24.9 Å². The molecule has 0 radical (unpaired) electrons. The van der Waals surface area contributed by atoms with Gasteiger partial charge in [-0.15, -0.1) is 0 Å². The van der Waals surface area contributed by atoms with Crippen molar-refractivity contribution in [2.24, 2.45) is 0 Å². The Morgan fingerprint density at radius 1 is 0.913 bits per heavy atom. The van der Waals surface area contributed by atoms with Crippen LogP contribution in [0.3, 0.4) is 0 Å². The van der Waals surface area contributed by atoms with Crippen molar-refractivity contribution in [1.82, 2.24) is 0 Å². The van der Waals surface area contributed by atoms with Crippen molar-refractivity contribution in [3.05, 3.63) is 59.7 Å². The first-order valence-corrected chi connectivity index (χ1v) is 7.04. The molecule has 3 N–H and O–H groups in total. The maximum Gasteiger partial charge on any atom is 0.341 e. The molecule has 0 aliphatic carbocycles. The number of esters is 1. The number of rotatable bonds is 1. The molecule has 1 unspecified atom stereocenters. The van der Waals surface area contributed by atoms with E-state index >= 15 is 0 Å². The lowest BCUT2D eigenvalue weighted by Crippen LogP contribution is -2.18. The average Bonchev–Trinajstić information content (AvgIpc) is 2.56. The van der Waals surface area contributed by atoms with E-state index in [0.29, 0.717) is 16.3 Å². The highest BCUT2D eigenvalue weighted by atomic mass is 16.6. The zero-order chi connectivity index (χ0) is 16.1. The van der Waals surface area contributed by atoms with Crippen LogP contribution in [-0.2, 0) is 4.74 Å². The van der Waals surface area contributed by atoms with Gasteiger partial charge < -0.3 is 20.1 Å². The van der Waals surface area contributed by atoms with Crippen LogP contribution in [0.2, 0.25) is 0 Å². The van der Waals surface area contributed by atoms with Gasteiger partial charge in [0.1, 0.15) is 0 Å². The molecule has 0 bridgehead atoms. The van der Waals surface area contributed by atoms with Crippen molar-refractivity contribution in [2.45, 2.75) is 6.29 Å². The number of carbonyl (C=O) groups excluding carboxylic acids is 1. The fraction of sp³-hybridized carbons (Fsp3) is 0.0556. The maximum absolute atomic E-state index is 12.0. The smallest absolute Gasteiger partial charge is 0.341 e. The van der Waals surface area contributed by atoms with Gasteiger partial charge in [0.05, 0.1) is 5.56 Å². The van der Waals surface area contributed by atoms with E-state index in [2.05, 4.69) is 0 Å². The molecule has 23 heavy (non-hydrogen) atoms. The van der Waals surface area contributed by atoms with Crippen molar-refractivity contribution >= 4 is 16.7 Å². The Balaban J connectivity index is 2.19. The Hall–Kier alpha value is -3.05. The molecular weight excluding hydrogens is 296 g/mol. The fourth-order valence-electron chi connectivity index (χ4n) is 3.02. The maximum atomic E-state index is 12.0. The molecule has 3 aromatic carbocycles. The van der Waals surface area contributed by atoms with Gasteiger partial charge in [-0.3, -0.25) is 0 Å². The lowest BCUT2D eigenvalue weighted by atomic mass is 9.90. The van der Waals surface area contributed by atoms with Crippen molar-refractivity contribution in [1.29, 1.82) is 0 Å². The summed E-state index contributed by atoms with van der Waals surface area (Å²) in [5.74, 6) is -1.37. The molecule has 5 heteroatoms. The third kappa shape index (κ3) is 1.87. The molecule has 0 amide bonds. The van der Waals surface area contributed by atoms with Gasteiger partial charge in [0.2, 0.25) is 6.29 Å². The first-order valence-electron chi connectivity index (χ1n) is 7.04. The SMILES string of the molecule is O=C1OC(O)c2cc(O)c(O)c3c(-c4ccccc4)ccc1c23. The van der Waals surface area contributed by atoms with Gasteiger partial charge >= 0.3 is 5.97 Å². The standard InChI is InChI=1S/C18H12O5/c19-13-8-12-14-11(17(21)23-18(12)22)7-6-10(15(14)16(13)20)9-4-2-1-3-5-9/h1-8,18-20,22H. The van der Waals surface area contributed by atoms with E-state index < -0.39 is 12.3 Å². The second kappa shape index (κ2) is 4.72. The van der Waals surface area contributed by atoms with Crippen LogP contribution in [0, 0.1) is 0 Å². The van der Waals surface area contributed by atoms with Crippen molar-refractivity contribution in [3.63, 3.8) is 0 Å². The van der Waals surface area contributed by atoms with Crippen molar-refractivity contribution in [2.75, 3.05) is 0 Å². The molecule has 4 rings (SSSR count). The summed E-state index contributed by atoms with van der Waals surface area (Å²) < 4.78 is 4.87. The Kier molecular flexibility index (Phi) is 2.79. The Bertz CT molecular complexity index is 947. The normalized spacial score (nSPS) is 16.4. The minimum atomic E-state index is -1.48. The molecular formula is C18H12O5. The molecule has 1 aliphatic heterocycles. The molecule has 1 atom stereocenters. The van der Waals surface area contributed by atoms with Gasteiger partial charge in [0.15, 0.2) is 11.5 Å². The van der Waals surface area contributed by atoms with Gasteiger partial charge in [0.25, 0.3) is 0 Å². The number of carbonyl (C=O) groups is 1. The molecule has 0 saturated carbocycles. The second-order valence-electron chi connectivity index (χ2n) is 5.37. The molecule has 0 saturated heterocycles. The first kappa shape index (κ1) is 13.6. The minimum absolute atomic E-state index is 0.246. The quantitative estimate of drug-likeness (QED) is 0.475. The van der Waals surface area contributed by atoms with Crippen LogP contribution in [-0.4, -0.2) is 21.3 Å². The monoisotopic (exact) mass is 308 g/mol. The second-order valence-corrected chi connectivity index (χ2v) is 5.37. The summed E-state index contributed by atoms with van der Waals surface area (Å²) in [4.78, 5) is 12.0. The summed E-state index contributed by atoms with van der Waals surface area (Å²) >= 11 is 0. The lowest BCUT2D eigenvalue weighted by molar-refractivity contribution is -0.0687. The largest absolute Gasteiger partial charge is 0.504 e. The Labute approximate surface area is 131 Å². The molecule has 114 valence electrons. The van der Waals surface area contributed by atoms with Gasteiger partial charge in [-0.05, 0) is 23.3 Å². The molecule has 3 aromatic rings. The van der Waals surface area contributed by atoms with Gasteiger partial charge in [-0.1, -0.05) is 36.4 Å². The van der Waals surface area contributed by atoms with E-state index in [0.717, 1.165) is 5.56 Å². The Morgan fingerprint density at radius 3 is 2.35 bits per heavy atom. The van der Waals surface area contributed by atoms with E-state index in [1.165, 1.54) is 6.07 Å². The molecule has 0 aromatic heterocycles. The summed E-state index contributed by atoms with van der Waals surface area (Å²) in [6.07, 6.45) is -1.48. The minimum Gasteiger partial charge on any atom is -0.504 e. The highest BCUT2D eigenvalue weighted by molar-refractivity contribution is 6.14. The van der Waals surface area contributed by atoms with Crippen LogP contribution in [0.5, 0.6) is 11.5 Å². The highest BCUT2D eigenvalue weighted by Crippen LogP contribution is 2.46. The summed E-state index contributed by atoms with van der Waals surface area (Å²) in [7, 11) is 0. The number of hydrogen-bond donors (Lipinski definition) is 3. The predicted octanol–water partition coefficient (Wildman–Crippen LogP) is 3.08. The van der Waals surface area contributed by atoms with Crippen LogP contribution in [0.4, 0.5) is 0 Å². The van der Waals surface area contributed by atoms with E-state index in [-0.39, 0.29) is 22.6 Å². The average molecular weight is 308 g/mol. The summed E-state index contributed by atoms with van der Waals surface area (Å²) in [5.41, 5.74) is 1.97. The summed E-state index contributed by atoms with van der Waals surface area (Å²) in [6.45, 7) is 0. The van der Waals surface area contributed by atoms with Crippen LogP contribution >= 0.6 is 0 Å². The molecule has 0 spiro atoms. The van der Waals surface area contributed by atoms with Crippen LogP contribution in [0.25, 0.3) is 21.9 Å². The highest BCUT2D eigenvalue weighted by Gasteiger charge is 2.30. The summed E-state index contributed by atoms with van der Waals surface area (Å²) in [5, 5.41) is 31.1. The van der Waals surface area contributed by atoms with Gasteiger partial charge in [-0.25, -0.2) is 4.79 Å². The van der Waals surface area contributed by atoms with Crippen molar-refractivity contribution in [3.8, 4) is 22.6 Å². The van der Waals surface area contributed by atoms with E-state index in [1.54, 1.807) is 12.1 Å². The lowest BCUT2D eigenvalue weighted by Gasteiger charge is -2.24. The van der Waals surface area contributed by atoms with Crippen LogP contribution in [0.15, 0.2) is 48.5 Å². The number of ether oxygens (including phenoxy) is 1. The first-order chi connectivity index (χ1) is 11.1. The van der Waals surface area contributed by atoms with E-state index in [9.17, 15) is 20.1 Å². The number of hydrogen-bond acceptors (Lipinski definition) is 5. The molecule has 0 fully saturated rings. The topological polar surface area (TPSA) is 87.0 Å². The number of aromatic hydroxyl groups is 2. The zero-order valence-corrected chi connectivity index (χ0v) is 11.9. The number of cyclic esters (lactones) is 1. The van der Waals surface area contributed by atoms with Gasteiger partial charge in [-0.2, -0.15) is 0 Å². The van der Waals surface area contributed by atoms with Gasteiger partial charge in [0, 0.05) is 16.3 Å². The number of phenolic OH excluding ortho intramolecular Hbond substituents is 2. The fourth-order valence-corrected chi connectivity index (χ4v) is 3.02. The van der Waals surface area contributed by atoms with Crippen LogP contribution < -0.4 is 0 Å².